The van der Waals surface area contributed by atoms with Crippen molar-refractivity contribution in [3.05, 3.63) is 99.8 Å². The number of benzene rings is 3. The van der Waals surface area contributed by atoms with Gasteiger partial charge in [-0.1, -0.05) is 48.0 Å². The van der Waals surface area contributed by atoms with Crippen molar-refractivity contribution < 1.29 is 23.8 Å². The summed E-state index contributed by atoms with van der Waals surface area (Å²) in [5.74, 6) is -2.68. The molecule has 32 heavy (non-hydrogen) atoms. The summed E-state index contributed by atoms with van der Waals surface area (Å²) in [6.07, 6.45) is 0. The highest BCUT2D eigenvalue weighted by atomic mass is 35.5. The number of halogens is 2. The third-order valence-electron chi connectivity index (χ3n) is 5.41. The van der Waals surface area contributed by atoms with Gasteiger partial charge in [0, 0.05) is 10.7 Å². The Morgan fingerprint density at radius 1 is 1.06 bits per heavy atom. The van der Waals surface area contributed by atoms with Crippen LogP contribution in [0, 0.1) is 12.7 Å². The average molecular weight is 452 g/mol. The number of carbonyl (C=O) groups is 2. The van der Waals surface area contributed by atoms with E-state index in [1.165, 1.54) is 24.1 Å². The second-order valence-corrected chi connectivity index (χ2v) is 7.79. The maximum atomic E-state index is 14.0. The topological polar surface area (TPSA) is 66.8 Å². The number of hydrogen-bond acceptors (Lipinski definition) is 4. The van der Waals surface area contributed by atoms with Crippen molar-refractivity contribution in [3.63, 3.8) is 0 Å². The van der Waals surface area contributed by atoms with Gasteiger partial charge in [0.1, 0.15) is 17.3 Å². The van der Waals surface area contributed by atoms with E-state index in [2.05, 4.69) is 0 Å². The Balaban J connectivity index is 2.01. The van der Waals surface area contributed by atoms with Crippen LogP contribution in [0.2, 0.25) is 5.02 Å². The van der Waals surface area contributed by atoms with Crippen LogP contribution in [0.5, 0.6) is 5.75 Å². The summed E-state index contributed by atoms with van der Waals surface area (Å²) in [6, 6.07) is 16.5. The number of aryl methyl sites for hydroxylation is 1. The van der Waals surface area contributed by atoms with E-state index in [0.29, 0.717) is 16.3 Å². The summed E-state index contributed by atoms with van der Waals surface area (Å²) in [5.41, 5.74) is 1.58. The number of ketones is 1. The molecule has 4 rings (SSSR count). The van der Waals surface area contributed by atoms with Crippen molar-refractivity contribution >= 4 is 34.7 Å². The first-order valence-corrected chi connectivity index (χ1v) is 10.2. The van der Waals surface area contributed by atoms with Crippen molar-refractivity contribution in [2.75, 3.05) is 12.0 Å². The number of anilines is 1. The molecule has 0 bridgehead atoms. The zero-order valence-electron chi connectivity index (χ0n) is 17.3. The highest BCUT2D eigenvalue weighted by Crippen LogP contribution is 2.44. The van der Waals surface area contributed by atoms with E-state index in [1.807, 2.05) is 0 Å². The molecule has 3 aromatic rings. The molecular formula is C25H19ClFNO4. The van der Waals surface area contributed by atoms with E-state index < -0.39 is 29.3 Å². The number of nitrogens with zero attached hydrogens (tertiary/aromatic N) is 1. The molecule has 0 aromatic heterocycles. The number of amides is 1. The molecule has 1 heterocycles. The van der Waals surface area contributed by atoms with Gasteiger partial charge in [-0.3, -0.25) is 14.5 Å². The van der Waals surface area contributed by atoms with Crippen LogP contribution in [0.1, 0.15) is 22.7 Å². The Morgan fingerprint density at radius 3 is 2.47 bits per heavy atom. The molecule has 3 aromatic carbocycles. The second-order valence-electron chi connectivity index (χ2n) is 7.36. The highest BCUT2D eigenvalue weighted by molar-refractivity contribution is 6.52. The maximum Gasteiger partial charge on any atom is 0.300 e. The van der Waals surface area contributed by atoms with Gasteiger partial charge >= 0.3 is 0 Å². The molecule has 1 fully saturated rings. The minimum atomic E-state index is -0.943. The number of aliphatic hydroxyl groups is 1. The molecule has 7 heteroatoms. The van der Waals surface area contributed by atoms with E-state index in [0.717, 1.165) is 11.6 Å². The fourth-order valence-corrected chi connectivity index (χ4v) is 4.05. The van der Waals surface area contributed by atoms with Gasteiger partial charge in [0.05, 0.1) is 24.3 Å². The van der Waals surface area contributed by atoms with Gasteiger partial charge in [0.2, 0.25) is 0 Å². The van der Waals surface area contributed by atoms with E-state index in [1.54, 1.807) is 55.5 Å². The van der Waals surface area contributed by atoms with Crippen LogP contribution in [-0.2, 0) is 9.59 Å². The molecule has 1 N–H and O–H groups in total. The number of rotatable bonds is 4. The minimum absolute atomic E-state index is 0.0192. The average Bonchev–Trinajstić information content (AvgIpc) is 3.06. The third-order valence-corrected chi connectivity index (χ3v) is 5.64. The van der Waals surface area contributed by atoms with E-state index in [-0.39, 0.29) is 16.9 Å². The summed E-state index contributed by atoms with van der Waals surface area (Å²) in [6.45, 7) is 1.79. The molecular weight excluding hydrogens is 433 g/mol. The second kappa shape index (κ2) is 8.48. The number of hydrogen-bond donors (Lipinski definition) is 1. The molecule has 0 spiro atoms. The standard InChI is InChI=1S/C25H19ClFNO4/c1-14-8-9-16(26)12-19(14)28-22(15-6-4-3-5-7-15)21(24(30)25(28)31)23(29)18-13-17(27)10-11-20(18)32-2/h3-13,22,29H,1-2H3/b23-21+. The normalized spacial score (nSPS) is 17.6. The van der Waals surface area contributed by atoms with Gasteiger partial charge in [-0.05, 0) is 48.4 Å². The molecule has 1 atom stereocenters. The Labute approximate surface area is 189 Å². The maximum absolute atomic E-state index is 14.0. The monoisotopic (exact) mass is 451 g/mol. The van der Waals surface area contributed by atoms with Gasteiger partial charge in [0.15, 0.2) is 0 Å². The molecule has 0 radical (unpaired) electrons. The molecule has 5 nitrogen and oxygen atoms in total. The van der Waals surface area contributed by atoms with Gasteiger partial charge in [0.25, 0.3) is 11.7 Å². The van der Waals surface area contributed by atoms with Crippen LogP contribution in [-0.4, -0.2) is 23.9 Å². The largest absolute Gasteiger partial charge is 0.507 e. The van der Waals surface area contributed by atoms with Crippen molar-refractivity contribution in [2.24, 2.45) is 0 Å². The summed E-state index contributed by atoms with van der Waals surface area (Å²) < 4.78 is 19.2. The van der Waals surface area contributed by atoms with Crippen molar-refractivity contribution in [3.8, 4) is 5.75 Å². The lowest BCUT2D eigenvalue weighted by Crippen LogP contribution is -2.30. The van der Waals surface area contributed by atoms with Crippen LogP contribution < -0.4 is 9.64 Å². The zero-order valence-corrected chi connectivity index (χ0v) is 18.1. The first kappa shape index (κ1) is 21.6. The molecule has 0 saturated carbocycles. The number of carbonyl (C=O) groups excluding carboxylic acids is 2. The van der Waals surface area contributed by atoms with Crippen molar-refractivity contribution in [1.29, 1.82) is 0 Å². The van der Waals surface area contributed by atoms with Crippen LogP contribution in [0.25, 0.3) is 5.76 Å². The quantitative estimate of drug-likeness (QED) is 0.326. The van der Waals surface area contributed by atoms with Crippen LogP contribution in [0.4, 0.5) is 10.1 Å². The predicted molar refractivity (Wildman–Crippen MR) is 120 cm³/mol. The predicted octanol–water partition coefficient (Wildman–Crippen LogP) is 5.42. The first-order chi connectivity index (χ1) is 15.3. The lowest BCUT2D eigenvalue weighted by molar-refractivity contribution is -0.132. The Kier molecular flexibility index (Phi) is 5.72. The van der Waals surface area contributed by atoms with E-state index in [9.17, 15) is 19.1 Å². The number of aliphatic hydroxyl groups excluding tert-OH is 1. The molecule has 1 saturated heterocycles. The first-order valence-electron chi connectivity index (χ1n) is 9.79. The highest BCUT2D eigenvalue weighted by Gasteiger charge is 2.47. The molecule has 1 amide bonds. The van der Waals surface area contributed by atoms with Gasteiger partial charge in [-0.2, -0.15) is 0 Å². The summed E-state index contributed by atoms with van der Waals surface area (Å²) >= 11 is 6.18. The Morgan fingerprint density at radius 2 is 1.78 bits per heavy atom. The smallest absolute Gasteiger partial charge is 0.300 e. The molecule has 0 aliphatic carbocycles. The molecule has 1 unspecified atom stereocenters. The molecule has 1 aliphatic rings. The molecule has 162 valence electrons. The lowest BCUT2D eigenvalue weighted by Gasteiger charge is -2.27. The fraction of sp³-hybridized carbons (Fsp3) is 0.120. The minimum Gasteiger partial charge on any atom is -0.507 e. The summed E-state index contributed by atoms with van der Waals surface area (Å²) in [5, 5.41) is 11.6. The molecule has 1 aliphatic heterocycles. The number of Topliss-reactive ketones (excluding diaryl/α,β-unsaturated/α-hetero) is 1. The fourth-order valence-electron chi connectivity index (χ4n) is 3.88. The number of methoxy groups -OCH3 is 1. The van der Waals surface area contributed by atoms with Gasteiger partial charge in [-0.25, -0.2) is 4.39 Å². The van der Waals surface area contributed by atoms with Crippen LogP contribution in [0.3, 0.4) is 0 Å². The summed E-state index contributed by atoms with van der Waals surface area (Å²) in [7, 11) is 1.37. The summed E-state index contributed by atoms with van der Waals surface area (Å²) in [4.78, 5) is 27.7. The van der Waals surface area contributed by atoms with Crippen LogP contribution >= 0.6 is 11.6 Å². The van der Waals surface area contributed by atoms with Gasteiger partial charge < -0.3 is 9.84 Å². The Bertz CT molecular complexity index is 1260. The van der Waals surface area contributed by atoms with Crippen LogP contribution in [0.15, 0.2) is 72.3 Å². The van der Waals surface area contributed by atoms with E-state index in [4.69, 9.17) is 16.3 Å². The zero-order chi connectivity index (χ0) is 23.0. The van der Waals surface area contributed by atoms with Gasteiger partial charge in [-0.15, -0.1) is 0 Å². The van der Waals surface area contributed by atoms with E-state index >= 15 is 0 Å². The Hall–Kier alpha value is -3.64. The SMILES string of the molecule is COc1ccc(F)cc1/C(O)=C1\C(=O)C(=O)N(c2cc(Cl)ccc2C)C1c1ccccc1. The number of ether oxygens (including phenoxy) is 1. The third kappa shape index (κ3) is 3.63. The van der Waals surface area contributed by atoms with Crippen molar-refractivity contribution in [2.45, 2.75) is 13.0 Å². The van der Waals surface area contributed by atoms with Crippen molar-refractivity contribution in [1.82, 2.24) is 0 Å². The lowest BCUT2D eigenvalue weighted by atomic mass is 9.94.